The third kappa shape index (κ3) is 2.26. The summed E-state index contributed by atoms with van der Waals surface area (Å²) in [5.74, 6) is -0.528. The molecule has 1 aliphatic heterocycles. The fourth-order valence-corrected chi connectivity index (χ4v) is 1.81. The molecule has 0 radical (unpaired) electrons. The molecule has 1 unspecified atom stereocenters. The zero-order chi connectivity index (χ0) is 12.4. The topological polar surface area (TPSA) is 63.4 Å². The summed E-state index contributed by atoms with van der Waals surface area (Å²) in [4.78, 5) is 24.4. The predicted molar refractivity (Wildman–Crippen MR) is 63.8 cm³/mol. The van der Waals surface area contributed by atoms with Gasteiger partial charge in [-0.25, -0.2) is 0 Å². The van der Waals surface area contributed by atoms with Crippen molar-refractivity contribution < 1.29 is 9.59 Å². The third-order valence-electron chi connectivity index (χ3n) is 2.80. The number of carbonyl (C=O) groups excluding carboxylic acids is 2. The summed E-state index contributed by atoms with van der Waals surface area (Å²) in [7, 11) is 0. The molecule has 2 N–H and O–H groups in total. The number of imide groups is 1. The van der Waals surface area contributed by atoms with Gasteiger partial charge in [-0.1, -0.05) is 30.3 Å². The van der Waals surface area contributed by atoms with E-state index in [1.165, 1.54) is 11.0 Å². The predicted octanol–water partition coefficient (Wildman–Crippen LogP) is 1.00. The Labute approximate surface area is 99.7 Å². The molecule has 4 heteroatoms. The maximum atomic E-state index is 11.7. The summed E-state index contributed by atoms with van der Waals surface area (Å²) in [6, 6.07) is 9.09. The van der Waals surface area contributed by atoms with E-state index in [0.717, 1.165) is 5.56 Å². The zero-order valence-corrected chi connectivity index (χ0v) is 9.59. The molecular formula is C13H14N2O2. The SMILES string of the molecule is CC1=CC(=O)N(CC(N)c2ccccc2)C1=O. The van der Waals surface area contributed by atoms with E-state index in [-0.39, 0.29) is 24.4 Å². The standard InChI is InChI=1S/C13H14N2O2/c1-9-7-12(16)15(13(9)17)8-11(14)10-5-3-2-4-6-10/h2-7,11H,8,14H2,1H3. The van der Waals surface area contributed by atoms with Crippen molar-refractivity contribution in [3.63, 3.8) is 0 Å². The number of rotatable bonds is 3. The molecule has 0 aromatic heterocycles. The van der Waals surface area contributed by atoms with E-state index < -0.39 is 0 Å². The van der Waals surface area contributed by atoms with Crippen molar-refractivity contribution in [1.82, 2.24) is 4.90 Å². The highest BCUT2D eigenvalue weighted by molar-refractivity contribution is 6.15. The van der Waals surface area contributed by atoms with Gasteiger partial charge in [-0.2, -0.15) is 0 Å². The number of carbonyl (C=O) groups is 2. The molecule has 1 aromatic rings. The normalized spacial score (nSPS) is 17.3. The highest BCUT2D eigenvalue weighted by atomic mass is 16.2. The highest BCUT2D eigenvalue weighted by Gasteiger charge is 2.29. The number of hydrogen-bond acceptors (Lipinski definition) is 3. The largest absolute Gasteiger partial charge is 0.322 e. The first kappa shape index (κ1) is 11.5. The first-order chi connectivity index (χ1) is 8.09. The average molecular weight is 230 g/mol. The van der Waals surface area contributed by atoms with Gasteiger partial charge in [0.25, 0.3) is 11.8 Å². The van der Waals surface area contributed by atoms with E-state index in [4.69, 9.17) is 5.73 Å². The Balaban J connectivity index is 2.08. The molecule has 0 fully saturated rings. The minimum absolute atomic E-state index is 0.218. The van der Waals surface area contributed by atoms with Gasteiger partial charge in [-0.05, 0) is 12.5 Å². The van der Waals surface area contributed by atoms with E-state index in [2.05, 4.69) is 0 Å². The van der Waals surface area contributed by atoms with Gasteiger partial charge in [-0.3, -0.25) is 14.5 Å². The summed E-state index contributed by atoms with van der Waals surface area (Å²) in [5.41, 5.74) is 7.36. The van der Waals surface area contributed by atoms with Gasteiger partial charge in [0.2, 0.25) is 0 Å². The Kier molecular flexibility index (Phi) is 3.06. The Bertz CT molecular complexity index is 479. The molecule has 1 aromatic carbocycles. The summed E-state index contributed by atoms with van der Waals surface area (Å²) in [6.45, 7) is 1.85. The van der Waals surface area contributed by atoms with Crippen molar-refractivity contribution >= 4 is 11.8 Å². The van der Waals surface area contributed by atoms with Gasteiger partial charge in [0.1, 0.15) is 0 Å². The van der Waals surface area contributed by atoms with Crippen LogP contribution in [0.5, 0.6) is 0 Å². The summed E-state index contributed by atoms with van der Waals surface area (Å²) in [5, 5.41) is 0. The van der Waals surface area contributed by atoms with E-state index in [1.54, 1.807) is 6.92 Å². The van der Waals surface area contributed by atoms with Crippen molar-refractivity contribution in [3.8, 4) is 0 Å². The van der Waals surface area contributed by atoms with Crippen molar-refractivity contribution in [2.24, 2.45) is 5.73 Å². The second-order valence-corrected chi connectivity index (χ2v) is 4.10. The molecule has 2 amide bonds. The van der Waals surface area contributed by atoms with Gasteiger partial charge >= 0.3 is 0 Å². The number of amides is 2. The number of hydrogen-bond donors (Lipinski definition) is 1. The fourth-order valence-electron chi connectivity index (χ4n) is 1.81. The van der Waals surface area contributed by atoms with Crippen LogP contribution in [0.15, 0.2) is 42.0 Å². The average Bonchev–Trinajstić information content (AvgIpc) is 2.57. The van der Waals surface area contributed by atoms with Crippen LogP contribution < -0.4 is 5.73 Å². The molecule has 0 aliphatic carbocycles. The number of nitrogens with two attached hydrogens (primary N) is 1. The van der Waals surface area contributed by atoms with Crippen molar-refractivity contribution in [1.29, 1.82) is 0 Å². The lowest BCUT2D eigenvalue weighted by molar-refractivity contribution is -0.137. The number of nitrogens with zero attached hydrogens (tertiary/aromatic N) is 1. The quantitative estimate of drug-likeness (QED) is 0.788. The van der Waals surface area contributed by atoms with E-state index in [9.17, 15) is 9.59 Å². The molecule has 1 aliphatic rings. The first-order valence-electron chi connectivity index (χ1n) is 5.44. The molecule has 0 bridgehead atoms. The first-order valence-corrected chi connectivity index (χ1v) is 5.44. The minimum Gasteiger partial charge on any atom is -0.322 e. The minimum atomic E-state index is -0.344. The molecular weight excluding hydrogens is 216 g/mol. The lowest BCUT2D eigenvalue weighted by Crippen LogP contribution is -2.37. The van der Waals surface area contributed by atoms with Crippen LogP contribution in [0.25, 0.3) is 0 Å². The van der Waals surface area contributed by atoms with Crippen LogP contribution in [-0.2, 0) is 9.59 Å². The summed E-state index contributed by atoms with van der Waals surface area (Å²) in [6.07, 6.45) is 1.35. The van der Waals surface area contributed by atoms with Crippen molar-refractivity contribution in [2.45, 2.75) is 13.0 Å². The van der Waals surface area contributed by atoms with Crippen LogP contribution in [0.4, 0.5) is 0 Å². The lowest BCUT2D eigenvalue weighted by Gasteiger charge is -2.19. The van der Waals surface area contributed by atoms with Crippen LogP contribution in [0, 0.1) is 0 Å². The monoisotopic (exact) mass is 230 g/mol. The summed E-state index contributed by atoms with van der Waals surface area (Å²) < 4.78 is 0. The molecule has 0 saturated heterocycles. The van der Waals surface area contributed by atoms with Gasteiger partial charge in [0.15, 0.2) is 0 Å². The van der Waals surface area contributed by atoms with Crippen LogP contribution in [-0.4, -0.2) is 23.3 Å². The summed E-state index contributed by atoms with van der Waals surface area (Å²) >= 11 is 0. The maximum Gasteiger partial charge on any atom is 0.256 e. The fraction of sp³-hybridized carbons (Fsp3) is 0.231. The maximum absolute atomic E-state index is 11.7. The van der Waals surface area contributed by atoms with Gasteiger partial charge in [0, 0.05) is 24.2 Å². The molecule has 0 spiro atoms. The molecule has 1 heterocycles. The van der Waals surface area contributed by atoms with Gasteiger partial charge < -0.3 is 5.73 Å². The number of benzene rings is 1. The Hall–Kier alpha value is -1.94. The van der Waals surface area contributed by atoms with E-state index >= 15 is 0 Å². The smallest absolute Gasteiger partial charge is 0.256 e. The molecule has 2 rings (SSSR count). The van der Waals surface area contributed by atoms with Crippen molar-refractivity contribution in [2.75, 3.05) is 6.54 Å². The molecule has 1 atom stereocenters. The van der Waals surface area contributed by atoms with Crippen LogP contribution >= 0.6 is 0 Å². The van der Waals surface area contributed by atoms with Gasteiger partial charge in [0.05, 0.1) is 0 Å². The molecule has 4 nitrogen and oxygen atoms in total. The van der Waals surface area contributed by atoms with E-state index in [0.29, 0.717) is 5.57 Å². The second-order valence-electron chi connectivity index (χ2n) is 4.10. The van der Waals surface area contributed by atoms with Crippen LogP contribution in [0.3, 0.4) is 0 Å². The molecule has 17 heavy (non-hydrogen) atoms. The van der Waals surface area contributed by atoms with E-state index in [1.807, 2.05) is 30.3 Å². The Morgan fingerprint density at radius 2 is 1.88 bits per heavy atom. The Morgan fingerprint density at radius 1 is 1.24 bits per heavy atom. The van der Waals surface area contributed by atoms with Crippen LogP contribution in [0.2, 0.25) is 0 Å². The highest BCUT2D eigenvalue weighted by Crippen LogP contribution is 2.17. The third-order valence-corrected chi connectivity index (χ3v) is 2.80. The van der Waals surface area contributed by atoms with Gasteiger partial charge in [-0.15, -0.1) is 0 Å². The lowest BCUT2D eigenvalue weighted by atomic mass is 10.1. The van der Waals surface area contributed by atoms with Crippen LogP contribution in [0.1, 0.15) is 18.5 Å². The van der Waals surface area contributed by atoms with Crippen molar-refractivity contribution in [3.05, 3.63) is 47.5 Å². The zero-order valence-electron chi connectivity index (χ0n) is 9.59. The second kappa shape index (κ2) is 4.51. The Morgan fingerprint density at radius 3 is 2.41 bits per heavy atom. The molecule has 0 saturated carbocycles. The molecule has 88 valence electrons.